The molecular formula is C22H26FNO3S. The second-order valence-electron chi connectivity index (χ2n) is 6.93. The van der Waals surface area contributed by atoms with Gasteiger partial charge in [-0.2, -0.15) is 0 Å². The van der Waals surface area contributed by atoms with Gasteiger partial charge in [0.15, 0.2) is 10.8 Å². The fourth-order valence-corrected chi connectivity index (χ4v) is 4.67. The molecule has 4 rings (SSSR count). The summed E-state index contributed by atoms with van der Waals surface area (Å²) in [5.74, 6) is -0.492. The number of Topliss-reactive ketones (excluding diaryl/α,β-unsaturated/α-hetero) is 1. The van der Waals surface area contributed by atoms with Crippen LogP contribution in [0.2, 0.25) is 0 Å². The zero-order valence-corrected chi connectivity index (χ0v) is 17.4. The van der Waals surface area contributed by atoms with Crippen LogP contribution in [0.5, 0.6) is 5.06 Å². The van der Waals surface area contributed by atoms with Gasteiger partial charge in [-0.3, -0.25) is 14.5 Å². The van der Waals surface area contributed by atoms with Gasteiger partial charge in [0.2, 0.25) is 0 Å². The minimum Gasteiger partial charge on any atom is -0.416 e. The minimum absolute atomic E-state index is 0.0564. The molecule has 1 unspecified atom stereocenters. The lowest BCUT2D eigenvalue weighted by Gasteiger charge is -2.34. The van der Waals surface area contributed by atoms with Gasteiger partial charge in [0, 0.05) is 36.4 Å². The molecule has 0 amide bonds. The van der Waals surface area contributed by atoms with Crippen LogP contribution >= 0.6 is 11.3 Å². The van der Waals surface area contributed by atoms with E-state index < -0.39 is 6.04 Å². The summed E-state index contributed by atoms with van der Waals surface area (Å²) in [5, 5.41) is 0.584. The maximum atomic E-state index is 14.4. The fourth-order valence-electron chi connectivity index (χ4n) is 3.54. The van der Waals surface area contributed by atoms with Crippen LogP contribution in [-0.4, -0.2) is 23.2 Å². The molecule has 2 aliphatic rings. The van der Waals surface area contributed by atoms with E-state index in [9.17, 15) is 14.0 Å². The third-order valence-electron chi connectivity index (χ3n) is 4.95. The Labute approximate surface area is 169 Å². The molecule has 150 valence electrons. The third kappa shape index (κ3) is 4.50. The van der Waals surface area contributed by atoms with Gasteiger partial charge >= 0.3 is 5.97 Å². The molecule has 1 saturated carbocycles. The van der Waals surface area contributed by atoms with Gasteiger partial charge in [-0.1, -0.05) is 32.0 Å². The van der Waals surface area contributed by atoms with E-state index in [0.717, 1.165) is 29.7 Å². The van der Waals surface area contributed by atoms with Gasteiger partial charge in [0.25, 0.3) is 0 Å². The van der Waals surface area contributed by atoms with E-state index in [2.05, 4.69) is 4.90 Å². The number of benzene rings is 1. The number of hydrogen-bond donors (Lipinski definition) is 0. The minimum atomic E-state index is -0.545. The Morgan fingerprint density at radius 3 is 2.61 bits per heavy atom. The number of halogens is 1. The van der Waals surface area contributed by atoms with E-state index in [1.54, 1.807) is 18.2 Å². The molecule has 2 heterocycles. The van der Waals surface area contributed by atoms with Crippen LogP contribution in [0.1, 0.15) is 55.7 Å². The Morgan fingerprint density at radius 2 is 1.96 bits per heavy atom. The molecule has 0 spiro atoms. The van der Waals surface area contributed by atoms with Crippen molar-refractivity contribution in [2.45, 2.75) is 52.6 Å². The zero-order chi connectivity index (χ0) is 20.3. The number of hydrogen-bond acceptors (Lipinski definition) is 5. The molecule has 1 aromatic heterocycles. The number of fused-ring (bicyclic) bond motifs is 1. The number of carbonyl (C=O) groups is 2. The Kier molecular flexibility index (Phi) is 6.62. The summed E-state index contributed by atoms with van der Waals surface area (Å²) >= 11 is 1.43. The van der Waals surface area contributed by atoms with Crippen molar-refractivity contribution in [3.8, 4) is 5.06 Å². The maximum absolute atomic E-state index is 14.4. The van der Waals surface area contributed by atoms with Gasteiger partial charge < -0.3 is 4.74 Å². The summed E-state index contributed by atoms with van der Waals surface area (Å²) in [6.45, 7) is 6.63. The van der Waals surface area contributed by atoms with E-state index >= 15 is 0 Å². The number of ether oxygens (including phenoxy) is 1. The molecule has 1 aliphatic heterocycles. The van der Waals surface area contributed by atoms with Crippen molar-refractivity contribution in [3.63, 3.8) is 0 Å². The third-order valence-corrected chi connectivity index (χ3v) is 5.99. The highest BCUT2D eigenvalue weighted by Crippen LogP contribution is 2.41. The van der Waals surface area contributed by atoms with Gasteiger partial charge in [-0.05, 0) is 37.0 Å². The summed E-state index contributed by atoms with van der Waals surface area (Å²) in [6, 6.07) is 7.92. The number of thiophene rings is 1. The molecule has 1 atom stereocenters. The number of nitrogens with zero attached hydrogens (tertiary/aromatic N) is 1. The van der Waals surface area contributed by atoms with Crippen LogP contribution in [0.3, 0.4) is 0 Å². The summed E-state index contributed by atoms with van der Waals surface area (Å²) in [6.07, 6.45) is 2.56. The van der Waals surface area contributed by atoms with Crippen molar-refractivity contribution >= 4 is 23.1 Å². The van der Waals surface area contributed by atoms with Crippen molar-refractivity contribution in [3.05, 3.63) is 52.2 Å². The molecule has 6 heteroatoms. The first-order valence-electron chi connectivity index (χ1n) is 9.85. The first-order chi connectivity index (χ1) is 13.5. The lowest BCUT2D eigenvalue weighted by Crippen LogP contribution is -2.38. The monoisotopic (exact) mass is 403 g/mol. The van der Waals surface area contributed by atoms with E-state index in [4.69, 9.17) is 4.74 Å². The van der Waals surface area contributed by atoms with Gasteiger partial charge in [-0.15, -0.1) is 11.3 Å². The number of rotatable bonds is 5. The highest BCUT2D eigenvalue weighted by atomic mass is 32.1. The molecule has 2 aromatic rings. The standard InChI is InChI=1S/C20H20FNO3S.C2H6/c1-12(23)25-18-10-14-8-9-22(11-17(14)26-18)19(20(24)13-6-7-13)15-4-2-3-5-16(15)21;1-2/h2-5,10,13,19H,6-9,11H2,1H3;1-2H3. The van der Waals surface area contributed by atoms with E-state index in [0.29, 0.717) is 23.7 Å². The molecule has 1 fully saturated rings. The van der Waals surface area contributed by atoms with Crippen molar-refractivity contribution in [2.75, 3.05) is 6.54 Å². The van der Waals surface area contributed by atoms with Crippen LogP contribution < -0.4 is 4.74 Å². The van der Waals surface area contributed by atoms with Gasteiger partial charge in [0.05, 0.1) is 6.04 Å². The summed E-state index contributed by atoms with van der Waals surface area (Å²) in [7, 11) is 0. The van der Waals surface area contributed by atoms with E-state index in [-0.39, 0.29) is 23.5 Å². The molecule has 0 N–H and O–H groups in total. The smallest absolute Gasteiger partial charge is 0.308 e. The average molecular weight is 404 g/mol. The van der Waals surface area contributed by atoms with Gasteiger partial charge in [0.1, 0.15) is 5.82 Å². The van der Waals surface area contributed by atoms with Crippen molar-refractivity contribution in [1.82, 2.24) is 4.90 Å². The summed E-state index contributed by atoms with van der Waals surface area (Å²) < 4.78 is 19.6. The van der Waals surface area contributed by atoms with Crippen molar-refractivity contribution in [1.29, 1.82) is 0 Å². The topological polar surface area (TPSA) is 46.6 Å². The predicted molar refractivity (Wildman–Crippen MR) is 108 cm³/mol. The summed E-state index contributed by atoms with van der Waals surface area (Å²) in [5.41, 5.74) is 1.61. The highest BCUT2D eigenvalue weighted by molar-refractivity contribution is 7.14. The molecule has 0 saturated heterocycles. The van der Waals surface area contributed by atoms with E-state index in [1.807, 2.05) is 19.9 Å². The van der Waals surface area contributed by atoms with Crippen LogP contribution in [0.15, 0.2) is 30.3 Å². The maximum Gasteiger partial charge on any atom is 0.308 e. The Hall–Kier alpha value is -2.05. The van der Waals surface area contributed by atoms with Crippen molar-refractivity contribution < 1.29 is 18.7 Å². The quantitative estimate of drug-likeness (QED) is 0.665. The second-order valence-corrected chi connectivity index (χ2v) is 8.03. The van der Waals surface area contributed by atoms with Crippen LogP contribution in [-0.2, 0) is 22.6 Å². The first kappa shape index (κ1) is 20.7. The molecular weight excluding hydrogens is 377 g/mol. The normalized spacial score (nSPS) is 17.1. The largest absolute Gasteiger partial charge is 0.416 e. The van der Waals surface area contributed by atoms with Crippen molar-refractivity contribution in [2.24, 2.45) is 5.92 Å². The second kappa shape index (κ2) is 8.97. The van der Waals surface area contributed by atoms with Crippen LogP contribution in [0.4, 0.5) is 4.39 Å². The number of esters is 1. The molecule has 4 nitrogen and oxygen atoms in total. The Bertz CT molecular complexity index is 859. The fraction of sp³-hybridized carbons (Fsp3) is 0.455. The SMILES string of the molecule is CC.CC(=O)Oc1cc2c(s1)CN(C(C(=O)C1CC1)c1ccccc1F)CC2. The predicted octanol–water partition coefficient (Wildman–Crippen LogP) is 4.92. The molecule has 0 radical (unpaired) electrons. The average Bonchev–Trinajstić information content (AvgIpc) is 3.45. The zero-order valence-electron chi connectivity index (χ0n) is 16.5. The molecule has 1 aromatic carbocycles. The van der Waals surface area contributed by atoms with Gasteiger partial charge in [-0.25, -0.2) is 4.39 Å². The molecule has 28 heavy (non-hydrogen) atoms. The summed E-state index contributed by atoms with van der Waals surface area (Å²) in [4.78, 5) is 27.3. The number of carbonyl (C=O) groups excluding carboxylic acids is 2. The molecule has 1 aliphatic carbocycles. The van der Waals surface area contributed by atoms with Crippen LogP contribution in [0, 0.1) is 11.7 Å². The Balaban J connectivity index is 0.00000109. The first-order valence-corrected chi connectivity index (χ1v) is 10.7. The highest BCUT2D eigenvalue weighted by Gasteiger charge is 2.40. The lowest BCUT2D eigenvalue weighted by atomic mass is 9.95. The van der Waals surface area contributed by atoms with E-state index in [1.165, 1.54) is 24.3 Å². The Morgan fingerprint density at radius 1 is 1.25 bits per heavy atom. The molecule has 0 bridgehead atoms. The number of ketones is 1. The lowest BCUT2D eigenvalue weighted by molar-refractivity contribution is -0.131. The van der Waals surface area contributed by atoms with Crippen LogP contribution in [0.25, 0.3) is 0 Å².